The van der Waals surface area contributed by atoms with Gasteiger partial charge in [0.2, 0.25) is 0 Å². The van der Waals surface area contributed by atoms with Gasteiger partial charge in [-0.05, 0) is 18.6 Å². The van der Waals surface area contributed by atoms with Gasteiger partial charge in [-0.25, -0.2) is 14.0 Å². The summed E-state index contributed by atoms with van der Waals surface area (Å²) in [4.78, 5) is 23.5. The van der Waals surface area contributed by atoms with E-state index < -0.39 is 41.2 Å². The van der Waals surface area contributed by atoms with Gasteiger partial charge < -0.3 is 19.5 Å². The highest BCUT2D eigenvalue weighted by molar-refractivity contribution is 6.15. The minimum Gasteiger partial charge on any atom is -0.419 e. The highest BCUT2D eigenvalue weighted by Gasteiger charge is 2.39. The molecule has 6 nitrogen and oxygen atoms in total. The maximum atomic E-state index is 13.7. The van der Waals surface area contributed by atoms with Crippen molar-refractivity contribution in [2.24, 2.45) is 0 Å². The van der Waals surface area contributed by atoms with E-state index in [1.807, 2.05) is 0 Å². The Hall–Kier alpha value is -2.78. The highest BCUT2D eigenvalue weighted by Crippen LogP contribution is 2.30. The Labute approximate surface area is 139 Å². The SMILES string of the molecule is Cc1cc(OC(F)(F)F)c(F)cc1NC=C1C(=O)OC(C)(C)OC1=O. The average molecular weight is 363 g/mol. The van der Waals surface area contributed by atoms with Crippen LogP contribution in [0, 0.1) is 12.7 Å². The van der Waals surface area contributed by atoms with E-state index in [0.717, 1.165) is 18.3 Å². The third kappa shape index (κ3) is 4.61. The quantitative estimate of drug-likeness (QED) is 0.385. The molecular formula is C15H13F4NO5. The fraction of sp³-hybridized carbons (Fsp3) is 0.333. The van der Waals surface area contributed by atoms with Crippen molar-refractivity contribution >= 4 is 17.6 Å². The molecule has 1 aliphatic heterocycles. The molecule has 10 heteroatoms. The number of rotatable bonds is 3. The summed E-state index contributed by atoms with van der Waals surface area (Å²) in [5.41, 5.74) is -0.282. The van der Waals surface area contributed by atoms with Gasteiger partial charge in [0, 0.05) is 31.8 Å². The second kappa shape index (κ2) is 6.26. The number of cyclic esters (lactones) is 2. The molecule has 1 fully saturated rings. The van der Waals surface area contributed by atoms with E-state index in [2.05, 4.69) is 10.1 Å². The summed E-state index contributed by atoms with van der Waals surface area (Å²) >= 11 is 0. The molecule has 0 spiro atoms. The van der Waals surface area contributed by atoms with Crippen LogP contribution in [-0.4, -0.2) is 24.1 Å². The number of alkyl halides is 3. The van der Waals surface area contributed by atoms with Gasteiger partial charge in [-0.15, -0.1) is 13.2 Å². The van der Waals surface area contributed by atoms with Gasteiger partial charge in [0.15, 0.2) is 17.1 Å². The maximum absolute atomic E-state index is 13.7. The van der Waals surface area contributed by atoms with Gasteiger partial charge in [0.25, 0.3) is 5.79 Å². The molecule has 0 saturated carbocycles. The number of nitrogens with one attached hydrogen (secondary N) is 1. The highest BCUT2D eigenvalue weighted by atomic mass is 19.4. The van der Waals surface area contributed by atoms with E-state index in [-0.39, 0.29) is 11.3 Å². The fourth-order valence-electron chi connectivity index (χ4n) is 1.94. The lowest BCUT2D eigenvalue weighted by Gasteiger charge is -2.29. The normalized spacial score (nSPS) is 16.8. The Morgan fingerprint density at radius 2 is 1.72 bits per heavy atom. The fourth-order valence-corrected chi connectivity index (χ4v) is 1.94. The van der Waals surface area contributed by atoms with Gasteiger partial charge in [-0.2, -0.15) is 0 Å². The predicted octanol–water partition coefficient (Wildman–Crippen LogP) is 3.16. The number of anilines is 1. The van der Waals surface area contributed by atoms with E-state index in [4.69, 9.17) is 9.47 Å². The second-order valence-electron chi connectivity index (χ2n) is 5.53. The summed E-state index contributed by atoms with van der Waals surface area (Å²) in [6, 6.07) is 1.56. The summed E-state index contributed by atoms with van der Waals surface area (Å²) in [6.45, 7) is 4.11. The summed E-state index contributed by atoms with van der Waals surface area (Å²) in [5.74, 6) is -5.60. The molecule has 0 bridgehead atoms. The van der Waals surface area contributed by atoms with Crippen LogP contribution in [0.25, 0.3) is 0 Å². The van der Waals surface area contributed by atoms with Crippen LogP contribution in [0.3, 0.4) is 0 Å². The first-order valence-electron chi connectivity index (χ1n) is 6.87. The number of ether oxygens (including phenoxy) is 3. The van der Waals surface area contributed by atoms with Crippen molar-refractivity contribution in [1.82, 2.24) is 0 Å². The molecule has 1 aromatic rings. The third-order valence-corrected chi connectivity index (χ3v) is 2.99. The molecule has 0 unspecified atom stereocenters. The summed E-state index contributed by atoms with van der Waals surface area (Å²) in [5, 5.41) is 2.46. The first kappa shape index (κ1) is 18.6. The Bertz CT molecular complexity index is 733. The first-order chi connectivity index (χ1) is 11.4. The molecule has 0 amide bonds. The van der Waals surface area contributed by atoms with Crippen molar-refractivity contribution in [3.05, 3.63) is 35.3 Å². The first-order valence-corrected chi connectivity index (χ1v) is 6.87. The minimum atomic E-state index is -5.04. The van der Waals surface area contributed by atoms with Crippen molar-refractivity contribution in [2.75, 3.05) is 5.32 Å². The largest absolute Gasteiger partial charge is 0.573 e. The smallest absolute Gasteiger partial charge is 0.419 e. The number of benzene rings is 1. The Kier molecular flexibility index (Phi) is 4.65. The van der Waals surface area contributed by atoms with E-state index in [0.29, 0.717) is 0 Å². The van der Waals surface area contributed by atoms with E-state index >= 15 is 0 Å². The van der Waals surface area contributed by atoms with Crippen LogP contribution < -0.4 is 10.1 Å². The zero-order chi connectivity index (χ0) is 19.0. The Balaban J connectivity index is 2.22. The van der Waals surface area contributed by atoms with Crippen LogP contribution in [0.1, 0.15) is 19.4 Å². The van der Waals surface area contributed by atoms with Crippen LogP contribution in [0.4, 0.5) is 23.2 Å². The molecule has 1 saturated heterocycles. The molecule has 2 rings (SSSR count). The van der Waals surface area contributed by atoms with Crippen molar-refractivity contribution in [3.63, 3.8) is 0 Å². The molecule has 0 aliphatic carbocycles. The zero-order valence-corrected chi connectivity index (χ0v) is 13.3. The molecular weight excluding hydrogens is 350 g/mol. The third-order valence-electron chi connectivity index (χ3n) is 2.99. The summed E-state index contributed by atoms with van der Waals surface area (Å²) in [7, 11) is 0. The van der Waals surface area contributed by atoms with Crippen LogP contribution in [0.2, 0.25) is 0 Å². The Morgan fingerprint density at radius 1 is 1.16 bits per heavy atom. The molecule has 1 aromatic carbocycles. The van der Waals surface area contributed by atoms with Gasteiger partial charge in [-0.3, -0.25) is 0 Å². The molecule has 0 atom stereocenters. The van der Waals surface area contributed by atoms with Gasteiger partial charge in [0.05, 0.1) is 0 Å². The van der Waals surface area contributed by atoms with Crippen molar-refractivity contribution in [1.29, 1.82) is 0 Å². The van der Waals surface area contributed by atoms with Crippen molar-refractivity contribution in [3.8, 4) is 5.75 Å². The lowest BCUT2D eigenvalue weighted by molar-refractivity contribution is -0.275. The minimum absolute atomic E-state index is 0.0185. The molecule has 136 valence electrons. The van der Waals surface area contributed by atoms with Crippen molar-refractivity contribution in [2.45, 2.75) is 32.9 Å². The number of esters is 2. The predicted molar refractivity (Wildman–Crippen MR) is 75.8 cm³/mol. The monoisotopic (exact) mass is 363 g/mol. The van der Waals surface area contributed by atoms with Crippen LogP contribution in [0.5, 0.6) is 5.75 Å². The number of halogens is 4. The lowest BCUT2D eigenvalue weighted by atomic mass is 10.1. The van der Waals surface area contributed by atoms with Gasteiger partial charge >= 0.3 is 18.3 Å². The number of carbonyl (C=O) groups excluding carboxylic acids is 2. The second-order valence-corrected chi connectivity index (χ2v) is 5.53. The molecule has 1 aliphatic rings. The summed E-state index contributed by atoms with van der Waals surface area (Å²) < 4.78 is 63.5. The topological polar surface area (TPSA) is 73.9 Å². The van der Waals surface area contributed by atoms with Gasteiger partial charge in [-0.1, -0.05) is 0 Å². The lowest BCUT2D eigenvalue weighted by Crippen LogP contribution is -2.42. The summed E-state index contributed by atoms with van der Waals surface area (Å²) in [6.07, 6.45) is -4.11. The van der Waals surface area contributed by atoms with Crippen molar-refractivity contribution < 1.29 is 41.4 Å². The number of aryl methyl sites for hydroxylation is 1. The van der Waals surface area contributed by atoms with E-state index in [1.54, 1.807) is 0 Å². The molecule has 25 heavy (non-hydrogen) atoms. The maximum Gasteiger partial charge on any atom is 0.573 e. The number of carbonyl (C=O) groups is 2. The molecule has 0 radical (unpaired) electrons. The average Bonchev–Trinajstić information content (AvgIpc) is 2.39. The van der Waals surface area contributed by atoms with Crippen LogP contribution in [-0.2, 0) is 19.1 Å². The van der Waals surface area contributed by atoms with Gasteiger partial charge in [0.1, 0.15) is 0 Å². The van der Waals surface area contributed by atoms with Crippen LogP contribution in [0.15, 0.2) is 23.9 Å². The zero-order valence-electron chi connectivity index (χ0n) is 13.3. The Morgan fingerprint density at radius 3 is 2.24 bits per heavy atom. The molecule has 1 N–H and O–H groups in total. The van der Waals surface area contributed by atoms with E-state index in [9.17, 15) is 27.2 Å². The molecule has 1 heterocycles. The van der Waals surface area contributed by atoms with Crippen LogP contribution >= 0.6 is 0 Å². The number of hydrogen-bond acceptors (Lipinski definition) is 6. The number of hydrogen-bond donors (Lipinski definition) is 1. The van der Waals surface area contributed by atoms with E-state index in [1.165, 1.54) is 20.8 Å². The molecule has 0 aromatic heterocycles. The standard InChI is InChI=1S/C15H13F4NO5/c1-7-4-11(23-15(17,18)19)9(16)5-10(7)20-6-8-12(21)24-14(2,3)25-13(8)22/h4-6,20H,1-3H3.